The van der Waals surface area contributed by atoms with Crippen molar-refractivity contribution in [2.75, 3.05) is 19.0 Å². The Morgan fingerprint density at radius 3 is 1.67 bits per heavy atom. The second kappa shape index (κ2) is 35.1. The van der Waals surface area contributed by atoms with E-state index < -0.39 is 71.2 Å². The van der Waals surface area contributed by atoms with Crippen LogP contribution in [0.1, 0.15) is 155 Å². The molecule has 1 fully saturated rings. The molecule has 1 aliphatic heterocycles. The molecule has 12 nitrogen and oxygen atoms in total. The van der Waals surface area contributed by atoms with Gasteiger partial charge in [-0.15, -0.1) is 0 Å². The molecule has 0 aromatic rings. The van der Waals surface area contributed by atoms with E-state index in [4.69, 9.17) is 18.9 Å². The first-order valence-corrected chi connectivity index (χ1v) is 23.5. The van der Waals surface area contributed by atoms with Crippen LogP contribution in [0.5, 0.6) is 0 Å². The predicted molar refractivity (Wildman–Crippen MR) is 229 cm³/mol. The van der Waals surface area contributed by atoms with E-state index in [9.17, 15) is 37.9 Å². The molecule has 1 rings (SSSR count). The Labute approximate surface area is 349 Å². The van der Waals surface area contributed by atoms with Crippen LogP contribution in [0.3, 0.4) is 0 Å². The molecule has 0 aromatic carbocycles. The number of ether oxygens (including phenoxy) is 4. The monoisotopic (exact) mass is 841 g/mol. The van der Waals surface area contributed by atoms with E-state index in [0.29, 0.717) is 12.8 Å². The molecule has 0 saturated carbocycles. The maximum atomic E-state index is 12.8. The van der Waals surface area contributed by atoms with E-state index in [0.717, 1.165) is 77.0 Å². The first-order chi connectivity index (χ1) is 28.0. The van der Waals surface area contributed by atoms with Crippen molar-refractivity contribution in [3.63, 3.8) is 0 Å². The summed E-state index contributed by atoms with van der Waals surface area (Å²) in [7, 11) is -4.61. The van der Waals surface area contributed by atoms with E-state index in [1.165, 1.54) is 38.5 Å². The van der Waals surface area contributed by atoms with Crippen molar-refractivity contribution in [1.29, 1.82) is 0 Å². The van der Waals surface area contributed by atoms with Gasteiger partial charge in [-0.2, -0.15) is 8.42 Å². The Morgan fingerprint density at radius 2 is 1.09 bits per heavy atom. The van der Waals surface area contributed by atoms with E-state index in [1.807, 2.05) is 0 Å². The lowest BCUT2D eigenvalue weighted by Crippen LogP contribution is -2.60. The Kier molecular flexibility index (Phi) is 32.3. The van der Waals surface area contributed by atoms with Crippen LogP contribution in [-0.4, -0.2) is 96.0 Å². The fourth-order valence-corrected chi connectivity index (χ4v) is 6.88. The molecule has 1 heterocycles. The number of hydrogen-bond acceptors (Lipinski definition) is 11. The van der Waals surface area contributed by atoms with Gasteiger partial charge in [0, 0.05) is 12.8 Å². The number of aliphatic hydroxyl groups is 3. The van der Waals surface area contributed by atoms with Gasteiger partial charge in [-0.05, 0) is 77.0 Å². The topological polar surface area (TPSA) is 186 Å². The van der Waals surface area contributed by atoms with Crippen LogP contribution in [0.2, 0.25) is 0 Å². The van der Waals surface area contributed by atoms with E-state index in [1.54, 1.807) is 0 Å². The first kappa shape index (κ1) is 53.4. The highest BCUT2D eigenvalue weighted by atomic mass is 32.2. The number of esters is 2. The third-order valence-corrected chi connectivity index (χ3v) is 10.3. The number of carbonyl (C=O) groups is 2. The molecule has 0 amide bonds. The third kappa shape index (κ3) is 29.5. The van der Waals surface area contributed by atoms with E-state index in [-0.39, 0.29) is 19.4 Å². The van der Waals surface area contributed by atoms with Gasteiger partial charge in [0.2, 0.25) is 0 Å². The Bertz CT molecular complexity index is 1310. The standard InChI is InChI=1S/C45H76O12S/c1-3-5-7-9-11-13-15-17-19-21-23-25-27-29-31-33-40(46)54-35-38(36-55-45-44(50)43(49)42(48)39(57-45)37-58(51,52)53)56-41(47)34-32-30-28-26-24-22-20-18-16-14-12-10-8-6-4-2/h5,7,11,13,17-20,23,25,38-39,42-45,48-50H,3-4,6,8-10,12,14-16,21-22,24,26-37H2,1-2H3,(H,51,52,53)/b7-5+,13-11+,19-17+,20-18+,25-23+/t38-,39-,42-,43?,44?,45+/m1/s1. The van der Waals surface area contributed by atoms with Crippen molar-refractivity contribution in [3.05, 3.63) is 60.8 Å². The largest absolute Gasteiger partial charge is 0.462 e. The van der Waals surface area contributed by atoms with Gasteiger partial charge in [-0.1, -0.05) is 126 Å². The zero-order valence-electron chi connectivity index (χ0n) is 35.4. The minimum Gasteiger partial charge on any atom is -0.462 e. The van der Waals surface area contributed by atoms with Gasteiger partial charge in [0.25, 0.3) is 10.1 Å². The first-order valence-electron chi connectivity index (χ1n) is 21.8. The summed E-state index contributed by atoms with van der Waals surface area (Å²) >= 11 is 0. The zero-order chi connectivity index (χ0) is 42.7. The average Bonchev–Trinajstić information content (AvgIpc) is 3.18. The molecule has 334 valence electrons. The van der Waals surface area contributed by atoms with Gasteiger partial charge in [0.05, 0.1) is 6.61 Å². The van der Waals surface area contributed by atoms with Crippen molar-refractivity contribution in [2.24, 2.45) is 0 Å². The highest BCUT2D eigenvalue weighted by Gasteiger charge is 2.46. The maximum absolute atomic E-state index is 12.8. The smallest absolute Gasteiger partial charge is 0.306 e. The minimum absolute atomic E-state index is 0.143. The molecule has 0 radical (unpaired) electrons. The van der Waals surface area contributed by atoms with Gasteiger partial charge in [0.1, 0.15) is 36.8 Å². The number of rotatable bonds is 35. The SMILES string of the molecule is CC/C=C/C/C=C/C/C=C/C/C=C/CCCCC(=O)OC[C@H](CO[C@H]1O[C@H](CS(=O)(=O)O)[C@@H](O)C(O)C1O)OC(=O)CCCCCCC/C=C/CCCCCCCC. The van der Waals surface area contributed by atoms with E-state index >= 15 is 0 Å². The number of unbranched alkanes of at least 4 members (excludes halogenated alkanes) is 13. The fraction of sp³-hybridized carbons (Fsp3) is 0.733. The molecule has 0 aromatic heterocycles. The molecule has 1 aliphatic rings. The van der Waals surface area contributed by atoms with Crippen molar-refractivity contribution in [3.8, 4) is 0 Å². The average molecular weight is 841 g/mol. The van der Waals surface area contributed by atoms with Gasteiger partial charge >= 0.3 is 11.9 Å². The molecule has 2 unspecified atom stereocenters. The Balaban J connectivity index is 2.51. The Hall–Kier alpha value is -2.65. The molecule has 0 bridgehead atoms. The number of aliphatic hydroxyl groups excluding tert-OH is 3. The number of carbonyl (C=O) groups excluding carboxylic acids is 2. The summed E-state index contributed by atoms with van der Waals surface area (Å²) in [5.74, 6) is -2.05. The van der Waals surface area contributed by atoms with Gasteiger partial charge in [-0.3, -0.25) is 14.1 Å². The normalized spacial score (nSPS) is 21.0. The Morgan fingerprint density at radius 1 is 0.603 bits per heavy atom. The van der Waals surface area contributed by atoms with Gasteiger partial charge in [0.15, 0.2) is 12.4 Å². The van der Waals surface area contributed by atoms with Crippen LogP contribution in [0.4, 0.5) is 0 Å². The van der Waals surface area contributed by atoms with Crippen molar-refractivity contribution >= 4 is 22.1 Å². The van der Waals surface area contributed by atoms with Gasteiger partial charge < -0.3 is 34.3 Å². The molecule has 6 atom stereocenters. The summed E-state index contributed by atoms with van der Waals surface area (Å²) in [6.45, 7) is 3.58. The van der Waals surface area contributed by atoms with Crippen molar-refractivity contribution in [2.45, 2.75) is 192 Å². The molecule has 13 heteroatoms. The van der Waals surface area contributed by atoms with Crippen LogP contribution in [0.15, 0.2) is 60.8 Å². The lowest BCUT2D eigenvalue weighted by atomic mass is 10.00. The molecule has 0 aliphatic carbocycles. The predicted octanol–water partition coefficient (Wildman–Crippen LogP) is 8.56. The van der Waals surface area contributed by atoms with Crippen LogP contribution in [0.25, 0.3) is 0 Å². The lowest BCUT2D eigenvalue weighted by Gasteiger charge is -2.40. The van der Waals surface area contributed by atoms with Crippen LogP contribution >= 0.6 is 0 Å². The van der Waals surface area contributed by atoms with Crippen LogP contribution in [0, 0.1) is 0 Å². The molecular weight excluding hydrogens is 765 g/mol. The highest BCUT2D eigenvalue weighted by molar-refractivity contribution is 7.85. The second-order valence-corrected chi connectivity index (χ2v) is 16.5. The van der Waals surface area contributed by atoms with Crippen LogP contribution in [-0.2, 0) is 38.7 Å². The minimum atomic E-state index is -4.61. The molecule has 4 N–H and O–H groups in total. The lowest BCUT2D eigenvalue weighted by molar-refractivity contribution is -0.297. The highest BCUT2D eigenvalue weighted by Crippen LogP contribution is 2.24. The van der Waals surface area contributed by atoms with Gasteiger partial charge in [-0.25, -0.2) is 0 Å². The quantitative estimate of drug-likeness (QED) is 0.0207. The number of allylic oxidation sites excluding steroid dienone is 10. The molecule has 0 spiro atoms. The summed E-state index contributed by atoms with van der Waals surface area (Å²) < 4.78 is 53.9. The molecule has 1 saturated heterocycles. The molecular formula is C45H76O12S. The zero-order valence-corrected chi connectivity index (χ0v) is 36.2. The number of hydrogen-bond donors (Lipinski definition) is 4. The summed E-state index contributed by atoms with van der Waals surface area (Å²) in [5, 5.41) is 30.8. The van der Waals surface area contributed by atoms with Crippen LogP contribution < -0.4 is 0 Å². The van der Waals surface area contributed by atoms with Crippen molar-refractivity contribution in [1.82, 2.24) is 0 Å². The molecule has 58 heavy (non-hydrogen) atoms. The maximum Gasteiger partial charge on any atom is 0.306 e. The third-order valence-electron chi connectivity index (χ3n) is 9.58. The second-order valence-electron chi connectivity index (χ2n) is 15.0. The summed E-state index contributed by atoms with van der Waals surface area (Å²) in [6.07, 6.45) is 32.7. The summed E-state index contributed by atoms with van der Waals surface area (Å²) in [5.41, 5.74) is 0. The summed E-state index contributed by atoms with van der Waals surface area (Å²) in [4.78, 5) is 25.3. The van der Waals surface area contributed by atoms with Crippen molar-refractivity contribution < 1.29 is 56.8 Å². The fourth-order valence-electron chi connectivity index (χ4n) is 6.19. The summed E-state index contributed by atoms with van der Waals surface area (Å²) in [6, 6.07) is 0. The van der Waals surface area contributed by atoms with E-state index in [2.05, 4.69) is 74.6 Å².